The first-order valence-corrected chi connectivity index (χ1v) is 9.83. The summed E-state index contributed by atoms with van der Waals surface area (Å²) in [5.74, 6) is -0.0551. The summed E-state index contributed by atoms with van der Waals surface area (Å²) in [7, 11) is 0. The average molecular weight is 431 g/mol. The molecular formula is C20H16ClFN4O4. The average Bonchev–Trinajstić information content (AvgIpc) is 3.33. The maximum absolute atomic E-state index is 13.4. The predicted molar refractivity (Wildman–Crippen MR) is 108 cm³/mol. The largest absolute Gasteiger partial charge is 0.481 e. The van der Waals surface area contributed by atoms with Gasteiger partial charge in [-0.3, -0.25) is 10.1 Å². The van der Waals surface area contributed by atoms with E-state index in [9.17, 15) is 14.5 Å². The van der Waals surface area contributed by atoms with E-state index in [1.807, 2.05) is 0 Å². The van der Waals surface area contributed by atoms with Crippen LogP contribution in [0.3, 0.4) is 0 Å². The van der Waals surface area contributed by atoms with E-state index < -0.39 is 10.7 Å². The van der Waals surface area contributed by atoms with Gasteiger partial charge in [0.05, 0.1) is 33.1 Å². The molecule has 2 saturated heterocycles. The molecule has 1 N–H and O–H groups in total. The van der Waals surface area contributed by atoms with Gasteiger partial charge in [0.25, 0.3) is 0 Å². The van der Waals surface area contributed by atoms with Crippen molar-refractivity contribution in [1.82, 2.24) is 9.97 Å². The number of nitrogens with zero attached hydrogens (tertiary/aromatic N) is 3. The second-order valence-corrected chi connectivity index (χ2v) is 7.74. The molecule has 2 aliphatic rings. The first kappa shape index (κ1) is 19.0. The minimum atomic E-state index is -0.545. The molecule has 0 spiro atoms. The van der Waals surface area contributed by atoms with Crippen LogP contribution in [0.25, 0.3) is 10.9 Å². The maximum atomic E-state index is 13.4. The lowest BCUT2D eigenvalue weighted by atomic mass is 9.98. The van der Waals surface area contributed by atoms with Gasteiger partial charge in [0.1, 0.15) is 24.1 Å². The van der Waals surface area contributed by atoms with Gasteiger partial charge in [0, 0.05) is 24.2 Å². The van der Waals surface area contributed by atoms with Crippen LogP contribution in [0.15, 0.2) is 36.7 Å². The highest BCUT2D eigenvalue weighted by Gasteiger charge is 2.43. The molecule has 3 heterocycles. The van der Waals surface area contributed by atoms with E-state index in [1.165, 1.54) is 30.6 Å². The van der Waals surface area contributed by atoms with Crippen molar-refractivity contribution >= 4 is 39.7 Å². The van der Waals surface area contributed by atoms with Gasteiger partial charge in [-0.1, -0.05) is 11.6 Å². The van der Waals surface area contributed by atoms with Crippen LogP contribution in [0.2, 0.25) is 5.02 Å². The molecule has 2 aromatic carbocycles. The Morgan fingerprint density at radius 3 is 2.83 bits per heavy atom. The zero-order valence-electron chi connectivity index (χ0n) is 15.5. The first-order chi connectivity index (χ1) is 14.5. The van der Waals surface area contributed by atoms with E-state index in [1.54, 1.807) is 6.07 Å². The third-order valence-corrected chi connectivity index (χ3v) is 5.71. The summed E-state index contributed by atoms with van der Waals surface area (Å²) in [5.41, 5.74) is 0.786. The standard InChI is InChI=1S/C20H16ClFN4O4/c21-13-5-10(1-3-14(13)22)25-20-12-7-16(26(27)28)18(8-15(12)23-9-24-20)30-19-6-11-2-4-17(19)29-11/h1,3,5,7-9,11,17,19H,2,4,6H2,(H,23,24,25). The number of hydrogen-bond donors (Lipinski definition) is 1. The number of aromatic nitrogens is 2. The second kappa shape index (κ2) is 7.33. The molecule has 8 nitrogen and oxygen atoms in total. The van der Waals surface area contributed by atoms with Crippen molar-refractivity contribution in [2.75, 3.05) is 5.32 Å². The number of nitrogens with one attached hydrogen (secondary N) is 1. The Hall–Kier alpha value is -3.04. The Morgan fingerprint density at radius 1 is 1.27 bits per heavy atom. The second-order valence-electron chi connectivity index (χ2n) is 7.34. The van der Waals surface area contributed by atoms with Gasteiger partial charge in [-0.2, -0.15) is 0 Å². The lowest BCUT2D eigenvalue weighted by Crippen LogP contribution is -2.28. The number of benzene rings is 2. The highest BCUT2D eigenvalue weighted by molar-refractivity contribution is 6.31. The number of halogens is 2. The van der Waals surface area contributed by atoms with Crippen molar-refractivity contribution in [2.45, 2.75) is 37.6 Å². The van der Waals surface area contributed by atoms with E-state index in [2.05, 4.69) is 15.3 Å². The minimum Gasteiger partial charge on any atom is -0.481 e. The van der Waals surface area contributed by atoms with Crippen molar-refractivity contribution < 1.29 is 18.8 Å². The van der Waals surface area contributed by atoms with Gasteiger partial charge in [0.15, 0.2) is 5.75 Å². The third kappa shape index (κ3) is 3.40. The number of nitro groups is 1. The van der Waals surface area contributed by atoms with Crippen molar-refractivity contribution in [3.8, 4) is 5.75 Å². The normalized spacial score (nSPS) is 22.4. The topological polar surface area (TPSA) is 99.4 Å². The van der Waals surface area contributed by atoms with Crippen molar-refractivity contribution in [1.29, 1.82) is 0 Å². The van der Waals surface area contributed by atoms with Gasteiger partial charge in [-0.25, -0.2) is 14.4 Å². The highest BCUT2D eigenvalue weighted by Crippen LogP contribution is 2.40. The number of ether oxygens (including phenoxy) is 2. The molecule has 154 valence electrons. The zero-order valence-corrected chi connectivity index (χ0v) is 16.3. The van der Waals surface area contributed by atoms with Crippen LogP contribution in [0, 0.1) is 15.9 Å². The lowest BCUT2D eigenvalue weighted by Gasteiger charge is -2.20. The van der Waals surface area contributed by atoms with Gasteiger partial charge in [0.2, 0.25) is 0 Å². The molecule has 3 atom stereocenters. The van der Waals surface area contributed by atoms with Gasteiger partial charge in [-0.15, -0.1) is 0 Å². The molecule has 2 fully saturated rings. The van der Waals surface area contributed by atoms with Crippen LogP contribution in [-0.2, 0) is 4.74 Å². The number of hydrogen-bond acceptors (Lipinski definition) is 7. The van der Waals surface area contributed by atoms with E-state index in [-0.39, 0.29) is 34.8 Å². The monoisotopic (exact) mass is 430 g/mol. The first-order valence-electron chi connectivity index (χ1n) is 9.45. The molecule has 0 radical (unpaired) electrons. The highest BCUT2D eigenvalue weighted by atomic mass is 35.5. The molecule has 30 heavy (non-hydrogen) atoms. The maximum Gasteiger partial charge on any atom is 0.311 e. The van der Waals surface area contributed by atoms with E-state index >= 15 is 0 Å². The number of fused-ring (bicyclic) bond motifs is 3. The third-order valence-electron chi connectivity index (χ3n) is 5.42. The molecule has 0 amide bonds. The Kier molecular flexibility index (Phi) is 4.63. The summed E-state index contributed by atoms with van der Waals surface area (Å²) in [6.45, 7) is 0. The van der Waals surface area contributed by atoms with Gasteiger partial charge in [-0.05, 0) is 31.0 Å². The number of rotatable bonds is 5. The summed E-state index contributed by atoms with van der Waals surface area (Å²) in [4.78, 5) is 19.6. The molecule has 10 heteroatoms. The van der Waals surface area contributed by atoms with Gasteiger partial charge < -0.3 is 14.8 Å². The quantitative estimate of drug-likeness (QED) is 0.459. The lowest BCUT2D eigenvalue weighted by molar-refractivity contribution is -0.386. The van der Waals surface area contributed by atoms with Crippen molar-refractivity contribution in [2.24, 2.45) is 0 Å². The summed E-state index contributed by atoms with van der Waals surface area (Å²) < 4.78 is 25.2. The van der Waals surface area contributed by atoms with E-state index in [4.69, 9.17) is 21.1 Å². The van der Waals surface area contributed by atoms with Crippen LogP contribution in [0.1, 0.15) is 19.3 Å². The molecule has 2 bridgehead atoms. The summed E-state index contributed by atoms with van der Waals surface area (Å²) in [6.07, 6.45) is 3.89. The molecule has 5 rings (SSSR count). The molecule has 0 aliphatic carbocycles. The van der Waals surface area contributed by atoms with Crippen LogP contribution in [0.4, 0.5) is 21.6 Å². The summed E-state index contributed by atoms with van der Waals surface area (Å²) in [6, 6.07) is 7.05. The Morgan fingerprint density at radius 2 is 2.13 bits per heavy atom. The Labute approximate surface area is 175 Å². The number of nitro benzene ring substituents is 1. The molecule has 0 saturated carbocycles. The van der Waals surface area contributed by atoms with Crippen molar-refractivity contribution in [3.63, 3.8) is 0 Å². The fraction of sp³-hybridized carbons (Fsp3) is 0.300. The molecular weight excluding hydrogens is 415 g/mol. The predicted octanol–water partition coefficient (Wildman–Crippen LogP) is 4.77. The fourth-order valence-corrected chi connectivity index (χ4v) is 4.18. The molecule has 3 unspecified atom stereocenters. The molecule has 2 aliphatic heterocycles. The number of anilines is 2. The van der Waals surface area contributed by atoms with E-state index in [0.29, 0.717) is 22.4 Å². The SMILES string of the molecule is O=[N+]([O-])c1cc2c(Nc3ccc(F)c(Cl)c3)ncnc2cc1OC1CC2CCC1O2. The van der Waals surface area contributed by atoms with Crippen LogP contribution in [-0.4, -0.2) is 33.2 Å². The van der Waals surface area contributed by atoms with Crippen LogP contribution in [0.5, 0.6) is 5.75 Å². The van der Waals surface area contributed by atoms with Crippen LogP contribution >= 0.6 is 11.6 Å². The van der Waals surface area contributed by atoms with E-state index in [0.717, 1.165) is 19.3 Å². The summed E-state index contributed by atoms with van der Waals surface area (Å²) >= 11 is 5.83. The zero-order chi connectivity index (χ0) is 20.8. The Balaban J connectivity index is 1.51. The van der Waals surface area contributed by atoms with Crippen LogP contribution < -0.4 is 10.1 Å². The van der Waals surface area contributed by atoms with Crippen molar-refractivity contribution in [3.05, 3.63) is 57.6 Å². The van der Waals surface area contributed by atoms with Gasteiger partial charge >= 0.3 is 5.69 Å². The smallest absolute Gasteiger partial charge is 0.311 e. The molecule has 3 aromatic rings. The minimum absolute atomic E-state index is 0.0313. The summed E-state index contributed by atoms with van der Waals surface area (Å²) in [5, 5.41) is 15.1. The molecule has 1 aromatic heterocycles. The fourth-order valence-electron chi connectivity index (χ4n) is 4.00. The Bertz CT molecular complexity index is 1160.